The number of rotatable bonds is 6. The van der Waals surface area contributed by atoms with Crippen molar-refractivity contribution < 1.29 is 23.1 Å². The Bertz CT molecular complexity index is 761. The number of nitrogens with one attached hydrogen (secondary N) is 1. The lowest BCUT2D eigenvalue weighted by Gasteiger charge is -2.11. The van der Waals surface area contributed by atoms with Crippen molar-refractivity contribution in [2.75, 3.05) is 20.7 Å². The third kappa shape index (κ3) is 5.27. The summed E-state index contributed by atoms with van der Waals surface area (Å²) >= 11 is 0. The average molecular weight is 348 g/mol. The maximum Gasteiger partial charge on any atom is 0.258 e. The van der Waals surface area contributed by atoms with Gasteiger partial charge in [0.25, 0.3) is 11.8 Å². The van der Waals surface area contributed by atoms with Gasteiger partial charge < -0.3 is 15.0 Å². The van der Waals surface area contributed by atoms with E-state index < -0.39 is 17.5 Å². The third-order valence-electron chi connectivity index (χ3n) is 3.35. The molecule has 0 unspecified atom stereocenters. The number of hydrogen-bond donors (Lipinski definition) is 1. The molecule has 0 atom stereocenters. The van der Waals surface area contributed by atoms with Crippen LogP contribution in [-0.4, -0.2) is 37.4 Å². The molecule has 2 aromatic rings. The largest absolute Gasteiger partial charge is 0.481 e. The van der Waals surface area contributed by atoms with E-state index in [0.717, 1.165) is 17.7 Å². The lowest BCUT2D eigenvalue weighted by Crippen LogP contribution is -2.28. The monoisotopic (exact) mass is 348 g/mol. The van der Waals surface area contributed by atoms with Gasteiger partial charge in [-0.15, -0.1) is 0 Å². The fourth-order valence-corrected chi connectivity index (χ4v) is 2.01. The van der Waals surface area contributed by atoms with Crippen LogP contribution in [0.25, 0.3) is 0 Å². The second-order valence-electron chi connectivity index (χ2n) is 5.54. The van der Waals surface area contributed by atoms with Crippen LogP contribution in [0.15, 0.2) is 42.5 Å². The highest BCUT2D eigenvalue weighted by molar-refractivity contribution is 5.93. The summed E-state index contributed by atoms with van der Waals surface area (Å²) < 4.78 is 31.2. The summed E-state index contributed by atoms with van der Waals surface area (Å²) in [5.74, 6) is -2.33. The van der Waals surface area contributed by atoms with Crippen molar-refractivity contribution in [3.8, 4) is 5.75 Å². The molecule has 0 saturated carbocycles. The third-order valence-corrected chi connectivity index (χ3v) is 3.35. The van der Waals surface area contributed by atoms with E-state index in [1.54, 1.807) is 38.4 Å². The summed E-state index contributed by atoms with van der Waals surface area (Å²) in [6, 6.07) is 9.67. The zero-order valence-corrected chi connectivity index (χ0v) is 13.9. The summed E-state index contributed by atoms with van der Waals surface area (Å²) in [6.07, 6.45) is 0. The molecule has 1 N–H and O–H groups in total. The van der Waals surface area contributed by atoms with E-state index in [4.69, 9.17) is 4.74 Å². The summed E-state index contributed by atoms with van der Waals surface area (Å²) in [7, 11) is 3.33. The van der Waals surface area contributed by atoms with Gasteiger partial charge >= 0.3 is 0 Å². The molecular formula is C18H18F2N2O3. The van der Waals surface area contributed by atoms with Gasteiger partial charge in [0.05, 0.1) is 0 Å². The fraction of sp³-hybridized carbons (Fsp3) is 0.222. The van der Waals surface area contributed by atoms with Crippen LogP contribution in [0.3, 0.4) is 0 Å². The van der Waals surface area contributed by atoms with Gasteiger partial charge in [0, 0.05) is 32.3 Å². The standard InChI is InChI=1S/C18H18F2N2O3/c1-22(2)18(24)13-5-3-12(4-6-13)10-21-17(23)11-25-16-8-7-14(19)9-15(16)20/h3-9H,10-11H2,1-2H3,(H,21,23). The minimum Gasteiger partial charge on any atom is -0.481 e. The van der Waals surface area contributed by atoms with E-state index in [-0.39, 0.29) is 24.8 Å². The molecule has 0 saturated heterocycles. The van der Waals surface area contributed by atoms with Crippen molar-refractivity contribution in [1.29, 1.82) is 0 Å². The van der Waals surface area contributed by atoms with Crippen LogP contribution in [0.1, 0.15) is 15.9 Å². The minimum absolute atomic E-state index is 0.106. The van der Waals surface area contributed by atoms with Gasteiger partial charge in [-0.05, 0) is 29.8 Å². The summed E-state index contributed by atoms with van der Waals surface area (Å²) in [5.41, 5.74) is 1.35. The number of ether oxygens (including phenoxy) is 1. The fourth-order valence-electron chi connectivity index (χ4n) is 2.01. The first-order chi connectivity index (χ1) is 11.9. The van der Waals surface area contributed by atoms with Crippen LogP contribution in [0, 0.1) is 11.6 Å². The molecule has 5 nitrogen and oxygen atoms in total. The Hall–Kier alpha value is -2.96. The molecule has 25 heavy (non-hydrogen) atoms. The quantitative estimate of drug-likeness (QED) is 0.872. The molecule has 0 radical (unpaired) electrons. The first-order valence-electron chi connectivity index (χ1n) is 7.52. The van der Waals surface area contributed by atoms with Crippen LogP contribution in [0.2, 0.25) is 0 Å². The van der Waals surface area contributed by atoms with Gasteiger partial charge in [-0.1, -0.05) is 12.1 Å². The molecular weight excluding hydrogens is 330 g/mol. The number of carbonyl (C=O) groups is 2. The van der Waals surface area contributed by atoms with Crippen molar-refractivity contribution in [2.45, 2.75) is 6.54 Å². The molecule has 0 fully saturated rings. The van der Waals surface area contributed by atoms with Gasteiger partial charge in [0.1, 0.15) is 5.82 Å². The van der Waals surface area contributed by atoms with E-state index in [1.165, 1.54) is 4.90 Å². The van der Waals surface area contributed by atoms with Crippen molar-refractivity contribution >= 4 is 11.8 Å². The number of amides is 2. The molecule has 0 heterocycles. The van der Waals surface area contributed by atoms with Crippen LogP contribution in [0.4, 0.5) is 8.78 Å². The molecule has 2 amide bonds. The van der Waals surface area contributed by atoms with E-state index in [1.807, 2.05) is 0 Å². The SMILES string of the molecule is CN(C)C(=O)c1ccc(CNC(=O)COc2ccc(F)cc2F)cc1. The van der Waals surface area contributed by atoms with Gasteiger partial charge in [-0.2, -0.15) is 0 Å². The first kappa shape index (κ1) is 18.4. The van der Waals surface area contributed by atoms with Crippen LogP contribution >= 0.6 is 0 Å². The van der Waals surface area contributed by atoms with E-state index in [0.29, 0.717) is 11.6 Å². The van der Waals surface area contributed by atoms with Gasteiger partial charge in [0.15, 0.2) is 18.2 Å². The number of hydrogen-bond acceptors (Lipinski definition) is 3. The number of carbonyl (C=O) groups excluding carboxylic acids is 2. The number of nitrogens with zero attached hydrogens (tertiary/aromatic N) is 1. The number of halogens is 2. The molecule has 0 bridgehead atoms. The second kappa shape index (κ2) is 8.23. The topological polar surface area (TPSA) is 58.6 Å². The molecule has 2 rings (SSSR count). The summed E-state index contributed by atoms with van der Waals surface area (Å²) in [6.45, 7) is -0.149. The zero-order chi connectivity index (χ0) is 18.4. The summed E-state index contributed by atoms with van der Waals surface area (Å²) in [5, 5.41) is 2.62. The van der Waals surface area contributed by atoms with Crippen molar-refractivity contribution in [3.05, 3.63) is 65.2 Å². The molecule has 0 spiro atoms. The highest BCUT2D eigenvalue weighted by atomic mass is 19.1. The molecule has 0 aliphatic rings. The zero-order valence-electron chi connectivity index (χ0n) is 13.9. The molecule has 132 valence electrons. The molecule has 0 aromatic heterocycles. The van der Waals surface area contributed by atoms with Crippen LogP contribution in [-0.2, 0) is 11.3 Å². The summed E-state index contributed by atoms with van der Waals surface area (Å²) in [4.78, 5) is 25.0. The Morgan fingerprint density at radius 2 is 1.76 bits per heavy atom. The maximum absolute atomic E-state index is 13.4. The van der Waals surface area contributed by atoms with E-state index in [9.17, 15) is 18.4 Å². The average Bonchev–Trinajstić information content (AvgIpc) is 2.59. The normalized spacial score (nSPS) is 10.2. The lowest BCUT2D eigenvalue weighted by atomic mass is 10.1. The predicted octanol–water partition coefficient (Wildman–Crippen LogP) is 2.36. The Labute approximate surface area is 144 Å². The Morgan fingerprint density at radius 1 is 1.08 bits per heavy atom. The Balaban J connectivity index is 1.82. The molecule has 7 heteroatoms. The number of benzene rings is 2. The smallest absolute Gasteiger partial charge is 0.258 e. The van der Waals surface area contributed by atoms with Crippen molar-refractivity contribution in [2.24, 2.45) is 0 Å². The van der Waals surface area contributed by atoms with Gasteiger partial charge in [0.2, 0.25) is 0 Å². The van der Waals surface area contributed by atoms with Crippen molar-refractivity contribution in [3.63, 3.8) is 0 Å². The van der Waals surface area contributed by atoms with E-state index >= 15 is 0 Å². The lowest BCUT2D eigenvalue weighted by molar-refractivity contribution is -0.123. The maximum atomic E-state index is 13.4. The predicted molar refractivity (Wildman–Crippen MR) is 88.2 cm³/mol. The highest BCUT2D eigenvalue weighted by Gasteiger charge is 2.09. The Kier molecular flexibility index (Phi) is 6.05. The van der Waals surface area contributed by atoms with E-state index in [2.05, 4.69) is 5.32 Å². The molecule has 2 aromatic carbocycles. The highest BCUT2D eigenvalue weighted by Crippen LogP contribution is 2.17. The molecule has 0 aliphatic carbocycles. The van der Waals surface area contributed by atoms with Gasteiger partial charge in [-0.3, -0.25) is 9.59 Å². The van der Waals surface area contributed by atoms with Gasteiger partial charge in [-0.25, -0.2) is 8.78 Å². The second-order valence-corrected chi connectivity index (χ2v) is 5.54. The first-order valence-corrected chi connectivity index (χ1v) is 7.52. The van der Waals surface area contributed by atoms with Crippen LogP contribution in [0.5, 0.6) is 5.75 Å². The van der Waals surface area contributed by atoms with Crippen LogP contribution < -0.4 is 10.1 Å². The molecule has 0 aliphatic heterocycles. The van der Waals surface area contributed by atoms with Crippen molar-refractivity contribution in [1.82, 2.24) is 10.2 Å². The minimum atomic E-state index is -0.867. The Morgan fingerprint density at radius 3 is 2.36 bits per heavy atom.